The van der Waals surface area contributed by atoms with Crippen LogP contribution < -0.4 is 5.32 Å². The van der Waals surface area contributed by atoms with E-state index in [4.69, 9.17) is 5.26 Å². The van der Waals surface area contributed by atoms with Gasteiger partial charge in [0.15, 0.2) is 0 Å². The summed E-state index contributed by atoms with van der Waals surface area (Å²) in [6, 6.07) is 5.76. The molecule has 1 aliphatic rings. The number of rotatable bonds is 4. The number of aromatic nitrogens is 1. The Morgan fingerprint density at radius 1 is 1.44 bits per heavy atom. The van der Waals surface area contributed by atoms with Gasteiger partial charge in [0.1, 0.15) is 11.9 Å². The highest BCUT2D eigenvalue weighted by Crippen LogP contribution is 2.37. The van der Waals surface area contributed by atoms with Crippen LogP contribution in [0.4, 0.5) is 5.82 Å². The third-order valence-electron chi connectivity index (χ3n) is 3.79. The molecule has 0 radical (unpaired) electrons. The molecule has 0 amide bonds. The Labute approximate surface area is 108 Å². The van der Waals surface area contributed by atoms with Crippen molar-refractivity contribution < 1.29 is 5.11 Å². The van der Waals surface area contributed by atoms with E-state index in [1.54, 1.807) is 6.07 Å². The Balaban J connectivity index is 2.10. The predicted molar refractivity (Wildman–Crippen MR) is 70.2 cm³/mol. The van der Waals surface area contributed by atoms with Crippen LogP contribution in [-0.2, 0) is 0 Å². The molecule has 1 saturated carbocycles. The largest absolute Gasteiger partial charge is 0.396 e. The van der Waals surface area contributed by atoms with Crippen LogP contribution in [0.15, 0.2) is 12.1 Å². The molecule has 1 aromatic heterocycles. The van der Waals surface area contributed by atoms with E-state index in [1.807, 2.05) is 13.0 Å². The number of hydrogen-bond donors (Lipinski definition) is 2. The first-order valence-corrected chi connectivity index (χ1v) is 6.42. The molecule has 2 N–H and O–H groups in total. The van der Waals surface area contributed by atoms with Gasteiger partial charge in [0, 0.05) is 17.7 Å². The van der Waals surface area contributed by atoms with Crippen LogP contribution in [0.2, 0.25) is 0 Å². The van der Waals surface area contributed by atoms with Gasteiger partial charge in [-0.3, -0.25) is 0 Å². The SMILES string of the molecule is Cc1ccc(C#N)c(NCC2(CO)CCCC2)n1. The zero-order valence-corrected chi connectivity index (χ0v) is 10.7. The summed E-state index contributed by atoms with van der Waals surface area (Å²) in [4.78, 5) is 4.36. The third-order valence-corrected chi connectivity index (χ3v) is 3.79. The number of nitriles is 1. The Morgan fingerprint density at radius 2 is 2.17 bits per heavy atom. The minimum absolute atomic E-state index is 0.0296. The molecular weight excluding hydrogens is 226 g/mol. The Bertz CT molecular complexity index is 459. The summed E-state index contributed by atoms with van der Waals surface area (Å²) in [7, 11) is 0. The fraction of sp³-hybridized carbons (Fsp3) is 0.571. The second kappa shape index (κ2) is 5.36. The van der Waals surface area contributed by atoms with Gasteiger partial charge in [-0.05, 0) is 31.9 Å². The maximum absolute atomic E-state index is 9.55. The van der Waals surface area contributed by atoms with Gasteiger partial charge in [-0.1, -0.05) is 12.8 Å². The van der Waals surface area contributed by atoms with Crippen LogP contribution >= 0.6 is 0 Å². The predicted octanol–water partition coefficient (Wildman–Crippen LogP) is 2.23. The second-order valence-corrected chi connectivity index (χ2v) is 5.18. The summed E-state index contributed by atoms with van der Waals surface area (Å²) < 4.78 is 0. The maximum atomic E-state index is 9.55. The lowest BCUT2D eigenvalue weighted by Crippen LogP contribution is -2.31. The van der Waals surface area contributed by atoms with Crippen molar-refractivity contribution in [2.45, 2.75) is 32.6 Å². The first-order valence-electron chi connectivity index (χ1n) is 6.42. The van der Waals surface area contributed by atoms with Gasteiger partial charge in [-0.25, -0.2) is 4.98 Å². The van der Waals surface area contributed by atoms with Crippen LogP contribution in [0.1, 0.15) is 36.9 Å². The Hall–Kier alpha value is -1.60. The van der Waals surface area contributed by atoms with E-state index in [9.17, 15) is 5.11 Å². The van der Waals surface area contributed by atoms with Crippen molar-refractivity contribution in [3.05, 3.63) is 23.4 Å². The highest BCUT2D eigenvalue weighted by Gasteiger charge is 2.33. The molecule has 1 aliphatic carbocycles. The number of aliphatic hydroxyl groups excluding tert-OH is 1. The average molecular weight is 245 g/mol. The minimum Gasteiger partial charge on any atom is -0.396 e. The monoisotopic (exact) mass is 245 g/mol. The lowest BCUT2D eigenvalue weighted by molar-refractivity contribution is 0.142. The molecule has 0 aliphatic heterocycles. The van der Waals surface area contributed by atoms with E-state index in [0.717, 1.165) is 18.5 Å². The number of hydrogen-bond acceptors (Lipinski definition) is 4. The first-order chi connectivity index (χ1) is 8.69. The van der Waals surface area contributed by atoms with Crippen LogP contribution in [0.25, 0.3) is 0 Å². The van der Waals surface area contributed by atoms with Crippen LogP contribution in [-0.4, -0.2) is 23.2 Å². The molecule has 0 bridgehead atoms. The normalized spacial score (nSPS) is 17.4. The topological polar surface area (TPSA) is 68.9 Å². The van der Waals surface area contributed by atoms with Gasteiger partial charge in [0.25, 0.3) is 0 Å². The number of aliphatic hydroxyl groups is 1. The van der Waals surface area contributed by atoms with Crippen molar-refractivity contribution in [3.63, 3.8) is 0 Å². The molecule has 96 valence electrons. The van der Waals surface area contributed by atoms with Gasteiger partial charge in [-0.15, -0.1) is 0 Å². The highest BCUT2D eigenvalue weighted by atomic mass is 16.3. The molecule has 1 heterocycles. The minimum atomic E-state index is -0.0296. The third kappa shape index (κ3) is 2.62. The maximum Gasteiger partial charge on any atom is 0.144 e. The summed E-state index contributed by atoms with van der Waals surface area (Å²) >= 11 is 0. The van der Waals surface area contributed by atoms with Gasteiger partial charge >= 0.3 is 0 Å². The molecule has 18 heavy (non-hydrogen) atoms. The number of aryl methyl sites for hydroxylation is 1. The summed E-state index contributed by atoms with van der Waals surface area (Å²) in [6.45, 7) is 2.80. The lowest BCUT2D eigenvalue weighted by atomic mass is 9.87. The first kappa shape index (κ1) is 12.8. The molecule has 0 unspecified atom stereocenters. The molecule has 4 nitrogen and oxygen atoms in total. The molecule has 2 rings (SSSR count). The van der Waals surface area contributed by atoms with E-state index in [2.05, 4.69) is 16.4 Å². The Kier molecular flexibility index (Phi) is 3.83. The number of nitrogens with one attached hydrogen (secondary N) is 1. The average Bonchev–Trinajstić information content (AvgIpc) is 2.86. The van der Waals surface area contributed by atoms with Crippen molar-refractivity contribution in [1.29, 1.82) is 5.26 Å². The smallest absolute Gasteiger partial charge is 0.144 e. The van der Waals surface area contributed by atoms with Crippen LogP contribution in [0.3, 0.4) is 0 Å². The number of nitrogens with zero attached hydrogens (tertiary/aromatic N) is 2. The quantitative estimate of drug-likeness (QED) is 0.853. The highest BCUT2D eigenvalue weighted by molar-refractivity contribution is 5.52. The number of pyridine rings is 1. The van der Waals surface area contributed by atoms with E-state index < -0.39 is 0 Å². The molecule has 1 fully saturated rings. The zero-order valence-electron chi connectivity index (χ0n) is 10.7. The van der Waals surface area contributed by atoms with Crippen LogP contribution in [0.5, 0.6) is 0 Å². The molecule has 0 atom stereocenters. The standard InChI is InChI=1S/C14H19N3O/c1-11-4-5-12(8-15)13(17-11)16-9-14(10-18)6-2-3-7-14/h4-5,18H,2-3,6-7,9-10H2,1H3,(H,16,17). The zero-order chi connectivity index (χ0) is 13.0. The fourth-order valence-corrected chi connectivity index (χ4v) is 2.57. The van der Waals surface area contributed by atoms with Crippen molar-refractivity contribution >= 4 is 5.82 Å². The van der Waals surface area contributed by atoms with Gasteiger partial charge in [0.05, 0.1) is 12.2 Å². The summed E-state index contributed by atoms with van der Waals surface area (Å²) in [5, 5.41) is 21.8. The van der Waals surface area contributed by atoms with E-state index in [1.165, 1.54) is 12.8 Å². The molecular formula is C14H19N3O. The molecule has 0 aromatic carbocycles. The van der Waals surface area contributed by atoms with E-state index in [0.29, 0.717) is 17.9 Å². The van der Waals surface area contributed by atoms with Crippen molar-refractivity contribution in [3.8, 4) is 6.07 Å². The van der Waals surface area contributed by atoms with Crippen LogP contribution in [0, 0.1) is 23.7 Å². The van der Waals surface area contributed by atoms with Crippen molar-refractivity contribution in [2.75, 3.05) is 18.5 Å². The van der Waals surface area contributed by atoms with E-state index in [-0.39, 0.29) is 12.0 Å². The molecule has 1 aromatic rings. The Morgan fingerprint density at radius 3 is 2.78 bits per heavy atom. The fourth-order valence-electron chi connectivity index (χ4n) is 2.57. The second-order valence-electron chi connectivity index (χ2n) is 5.18. The molecule has 4 heteroatoms. The van der Waals surface area contributed by atoms with E-state index >= 15 is 0 Å². The van der Waals surface area contributed by atoms with Crippen molar-refractivity contribution in [2.24, 2.45) is 5.41 Å². The summed E-state index contributed by atoms with van der Waals surface area (Å²) in [6.07, 6.45) is 4.44. The summed E-state index contributed by atoms with van der Waals surface area (Å²) in [5.74, 6) is 0.636. The number of anilines is 1. The molecule has 0 saturated heterocycles. The van der Waals surface area contributed by atoms with Gasteiger partial charge < -0.3 is 10.4 Å². The van der Waals surface area contributed by atoms with Gasteiger partial charge in [-0.2, -0.15) is 5.26 Å². The van der Waals surface area contributed by atoms with Crippen molar-refractivity contribution in [1.82, 2.24) is 4.98 Å². The van der Waals surface area contributed by atoms with Gasteiger partial charge in [0.2, 0.25) is 0 Å². The molecule has 0 spiro atoms. The summed E-state index contributed by atoms with van der Waals surface area (Å²) in [5.41, 5.74) is 1.42. The lowest BCUT2D eigenvalue weighted by Gasteiger charge is -2.27.